The van der Waals surface area contributed by atoms with E-state index < -0.39 is 27.2 Å². The molecule has 0 aromatic rings. The van der Waals surface area contributed by atoms with Crippen molar-refractivity contribution >= 4 is 10.5 Å². The van der Waals surface area contributed by atoms with Crippen molar-refractivity contribution < 1.29 is 19.2 Å². The summed E-state index contributed by atoms with van der Waals surface area (Å²) in [6.07, 6.45) is 0. The van der Waals surface area contributed by atoms with E-state index in [0.29, 0.717) is 0 Å². The predicted molar refractivity (Wildman–Crippen MR) is 39.6 cm³/mol. The van der Waals surface area contributed by atoms with Gasteiger partial charge in [-0.25, -0.2) is 0 Å². The highest BCUT2D eigenvalue weighted by molar-refractivity contribution is 5.97. The Labute approximate surface area is 73.5 Å². The zero-order chi connectivity index (χ0) is 10.6. The summed E-state index contributed by atoms with van der Waals surface area (Å²) in [7, 11) is -0.0561. The highest BCUT2D eigenvalue weighted by Gasteiger charge is 2.70. The van der Waals surface area contributed by atoms with E-state index in [2.05, 4.69) is 4.43 Å². The molecule has 0 amide bonds. The second-order valence-electron chi connectivity index (χ2n) is 1.98. The van der Waals surface area contributed by atoms with Crippen LogP contribution in [-0.2, 0) is 4.43 Å². The van der Waals surface area contributed by atoms with Crippen LogP contribution in [0.4, 0.5) is 0 Å². The average molecular weight is 211 g/mol. The van der Waals surface area contributed by atoms with E-state index in [-0.39, 0.29) is 10.5 Å². The first kappa shape index (κ1) is 11.4. The van der Waals surface area contributed by atoms with Crippen LogP contribution in [0, 0.1) is 30.3 Å². The summed E-state index contributed by atoms with van der Waals surface area (Å²) < 4.78 is 4.21. The lowest BCUT2D eigenvalue weighted by atomic mass is 10.4. The fourth-order valence-electron chi connectivity index (χ4n) is 0.552. The summed E-state index contributed by atoms with van der Waals surface area (Å²) in [5.41, 5.74) is 0. The number of nitro groups is 3. The van der Waals surface area contributed by atoms with Gasteiger partial charge in [0.25, 0.3) is 6.61 Å². The van der Waals surface area contributed by atoms with Crippen molar-refractivity contribution in [3.8, 4) is 0 Å². The van der Waals surface area contributed by atoms with Gasteiger partial charge in [-0.2, -0.15) is 0 Å². The Hall–Kier alpha value is -1.62. The van der Waals surface area contributed by atoms with Gasteiger partial charge in [-0.15, -0.1) is 0 Å². The van der Waals surface area contributed by atoms with Crippen LogP contribution in [0.3, 0.4) is 0 Å². The Morgan fingerprint density at radius 3 is 1.46 bits per heavy atom. The fraction of sp³-hybridized carbons (Fsp3) is 1.00. The van der Waals surface area contributed by atoms with Crippen LogP contribution >= 0.6 is 0 Å². The maximum atomic E-state index is 10.2. The normalized spacial score (nSPS) is 11.1. The molecular weight excluding hydrogens is 206 g/mol. The zero-order valence-electron chi connectivity index (χ0n) is 6.41. The van der Waals surface area contributed by atoms with Gasteiger partial charge in [0, 0.05) is 0 Å². The Balaban J connectivity index is 5.18. The quantitative estimate of drug-likeness (QED) is 0.217. The van der Waals surface area contributed by atoms with Crippen molar-refractivity contribution in [1.82, 2.24) is 0 Å². The van der Waals surface area contributed by atoms with E-state index in [1.54, 1.807) is 0 Å². The first-order valence-electron chi connectivity index (χ1n) is 2.82. The largest absolute Gasteiger partial charge is 0.722 e. The third-order valence-corrected chi connectivity index (χ3v) is 1.50. The number of hydrogen-bond donors (Lipinski definition) is 0. The minimum Gasteiger partial charge on any atom is -0.409 e. The number of rotatable bonds is 5. The van der Waals surface area contributed by atoms with Crippen molar-refractivity contribution in [2.75, 3.05) is 6.61 Å². The first-order valence-corrected chi connectivity index (χ1v) is 3.63. The van der Waals surface area contributed by atoms with Crippen LogP contribution in [0.5, 0.6) is 0 Å². The van der Waals surface area contributed by atoms with E-state index in [4.69, 9.17) is 0 Å². The van der Waals surface area contributed by atoms with Crippen molar-refractivity contribution in [2.45, 2.75) is 5.79 Å². The molecule has 0 aliphatic carbocycles. The molecule has 0 saturated carbocycles. The molecule has 0 heterocycles. The third kappa shape index (κ3) is 1.75. The maximum absolute atomic E-state index is 10.2. The van der Waals surface area contributed by atoms with E-state index in [1.165, 1.54) is 0 Å². The molecule has 13 heavy (non-hydrogen) atoms. The Bertz CT molecular complexity index is 216. The van der Waals surface area contributed by atoms with Crippen LogP contribution in [-0.4, -0.2) is 37.6 Å². The van der Waals surface area contributed by atoms with Crippen LogP contribution in [0.1, 0.15) is 0 Å². The van der Waals surface area contributed by atoms with Gasteiger partial charge in [-0.05, 0) is 0 Å². The van der Waals surface area contributed by atoms with Gasteiger partial charge < -0.3 is 4.43 Å². The number of hydrogen-bond acceptors (Lipinski definition) is 7. The Morgan fingerprint density at radius 2 is 1.38 bits per heavy atom. The lowest BCUT2D eigenvalue weighted by molar-refractivity contribution is -0.969. The second kappa shape index (κ2) is 3.86. The predicted octanol–water partition coefficient (Wildman–Crippen LogP) is -2.23. The average Bonchev–Trinajstić information content (AvgIpc) is 1.97. The molecule has 0 atom stereocenters. The molecule has 0 unspecified atom stereocenters. The van der Waals surface area contributed by atoms with Crippen LogP contribution in [0.25, 0.3) is 0 Å². The van der Waals surface area contributed by atoms with E-state index >= 15 is 0 Å². The topological polar surface area (TPSA) is 139 Å². The molecule has 0 radical (unpaired) electrons. The summed E-state index contributed by atoms with van der Waals surface area (Å²) >= 11 is 0. The van der Waals surface area contributed by atoms with E-state index in [1.807, 2.05) is 0 Å². The maximum Gasteiger partial charge on any atom is 0.722 e. The minimum atomic E-state index is -3.47. The molecule has 0 N–H and O–H groups in total. The lowest BCUT2D eigenvalue weighted by Crippen LogP contribution is -2.56. The Morgan fingerprint density at radius 1 is 1.08 bits per heavy atom. The Kier molecular flexibility index (Phi) is 3.38. The molecule has 0 spiro atoms. The van der Waals surface area contributed by atoms with Gasteiger partial charge in [0.05, 0.1) is 0 Å². The smallest absolute Gasteiger partial charge is 0.409 e. The van der Waals surface area contributed by atoms with Gasteiger partial charge >= 0.3 is 5.79 Å². The van der Waals surface area contributed by atoms with Gasteiger partial charge in [-0.1, -0.05) is 0 Å². The molecular formula is C2H5N3O7Si. The molecule has 10 nitrogen and oxygen atoms in total. The van der Waals surface area contributed by atoms with Crippen molar-refractivity contribution in [2.24, 2.45) is 0 Å². The van der Waals surface area contributed by atoms with Gasteiger partial charge in [0.2, 0.25) is 0 Å². The second-order valence-corrected chi connectivity index (χ2v) is 2.56. The zero-order valence-corrected chi connectivity index (χ0v) is 8.41. The molecule has 0 aromatic carbocycles. The summed E-state index contributed by atoms with van der Waals surface area (Å²) in [5.74, 6) is -3.47. The highest BCUT2D eigenvalue weighted by atomic mass is 28.2. The van der Waals surface area contributed by atoms with Crippen LogP contribution in [0.2, 0.25) is 0 Å². The van der Waals surface area contributed by atoms with Crippen LogP contribution in [0.15, 0.2) is 0 Å². The summed E-state index contributed by atoms with van der Waals surface area (Å²) in [6.45, 7) is -1.16. The van der Waals surface area contributed by atoms with Crippen LogP contribution < -0.4 is 0 Å². The van der Waals surface area contributed by atoms with Gasteiger partial charge in [-0.3, -0.25) is 30.3 Å². The molecule has 0 saturated heterocycles. The summed E-state index contributed by atoms with van der Waals surface area (Å²) in [4.78, 5) is 25.7. The fourth-order valence-corrected chi connectivity index (χ4v) is 0.939. The molecule has 74 valence electrons. The van der Waals surface area contributed by atoms with Gasteiger partial charge in [0.15, 0.2) is 14.8 Å². The monoisotopic (exact) mass is 211 g/mol. The molecule has 11 heteroatoms. The first-order chi connectivity index (χ1) is 5.89. The van der Waals surface area contributed by atoms with E-state index in [0.717, 1.165) is 0 Å². The molecule has 0 bridgehead atoms. The molecule has 0 aliphatic heterocycles. The molecule has 0 aliphatic rings. The molecule has 0 rings (SSSR count). The van der Waals surface area contributed by atoms with E-state index in [9.17, 15) is 30.3 Å². The van der Waals surface area contributed by atoms with Crippen molar-refractivity contribution in [3.63, 3.8) is 0 Å². The van der Waals surface area contributed by atoms with Gasteiger partial charge in [0.1, 0.15) is 10.5 Å². The molecule has 0 aromatic heterocycles. The highest BCUT2D eigenvalue weighted by Crippen LogP contribution is 2.11. The molecule has 0 fully saturated rings. The third-order valence-electron chi connectivity index (χ3n) is 1.22. The van der Waals surface area contributed by atoms with Crippen molar-refractivity contribution in [3.05, 3.63) is 30.3 Å². The lowest BCUT2D eigenvalue weighted by Gasteiger charge is -2.07. The number of nitrogens with zero attached hydrogens (tertiary/aromatic N) is 3. The summed E-state index contributed by atoms with van der Waals surface area (Å²) in [5, 5.41) is 30.5. The van der Waals surface area contributed by atoms with Crippen molar-refractivity contribution in [1.29, 1.82) is 0 Å². The SMILES string of the molecule is O=[N+]([O-])C(CO[SiH3])([N+](=O)[O-])[N+](=O)[O-]. The minimum absolute atomic E-state index is 0.0561. The standard InChI is InChI=1S/C2H5N3O7Si/c6-3(7)2(1-12-13,4(8)9)5(10)11/h1H2,13H3. The summed E-state index contributed by atoms with van der Waals surface area (Å²) in [6, 6.07) is 0.